The second kappa shape index (κ2) is 6.22. The van der Waals surface area contributed by atoms with Crippen molar-refractivity contribution < 1.29 is 18.3 Å². The Morgan fingerprint density at radius 3 is 2.86 bits per heavy atom. The van der Waals surface area contributed by atoms with E-state index >= 15 is 0 Å². The van der Waals surface area contributed by atoms with Crippen molar-refractivity contribution in [2.24, 2.45) is 5.92 Å². The first-order valence-corrected chi connectivity index (χ1v) is 7.86. The molecule has 0 amide bonds. The number of hydrogen-bond acceptors (Lipinski definition) is 5. The molecule has 1 heterocycles. The lowest BCUT2D eigenvalue weighted by atomic mass is 9.97. The molecule has 0 bridgehead atoms. The van der Waals surface area contributed by atoms with Gasteiger partial charge in [0.25, 0.3) is 0 Å². The van der Waals surface area contributed by atoms with E-state index in [0.29, 0.717) is 13.1 Å². The van der Waals surface area contributed by atoms with Crippen molar-refractivity contribution in [1.29, 1.82) is 5.26 Å². The third-order valence-electron chi connectivity index (χ3n) is 3.30. The van der Waals surface area contributed by atoms with Gasteiger partial charge in [-0.15, -0.1) is 0 Å². The number of benzene rings is 1. The number of sulfonamides is 1. The zero-order chi connectivity index (χ0) is 15.5. The van der Waals surface area contributed by atoms with Gasteiger partial charge in [-0.2, -0.15) is 5.26 Å². The van der Waals surface area contributed by atoms with Gasteiger partial charge in [0, 0.05) is 19.1 Å². The van der Waals surface area contributed by atoms with E-state index < -0.39 is 28.0 Å². The minimum atomic E-state index is -3.78. The number of nitrogens with zero attached hydrogens (tertiary/aromatic N) is 1. The SMILES string of the molecule is N#Cc1cccc(S(=O)(=O)N[C@H]2CNC[C@@H](C(=O)O)C2)c1. The standard InChI is InChI=1S/C13H15N3O4S/c14-6-9-2-1-3-12(4-9)21(19,20)16-11-5-10(13(17)18)7-15-8-11/h1-4,10-11,15-16H,5,7-8H2,(H,17,18)/t10-,11+/m0/s1. The Kier molecular flexibility index (Phi) is 4.57. The topological polar surface area (TPSA) is 119 Å². The van der Waals surface area contributed by atoms with Crippen molar-refractivity contribution in [3.8, 4) is 6.07 Å². The number of nitriles is 1. The van der Waals surface area contributed by atoms with Gasteiger partial charge >= 0.3 is 5.97 Å². The fourth-order valence-electron chi connectivity index (χ4n) is 2.24. The first-order chi connectivity index (χ1) is 9.92. The van der Waals surface area contributed by atoms with E-state index in [1.165, 1.54) is 24.3 Å². The van der Waals surface area contributed by atoms with E-state index in [9.17, 15) is 13.2 Å². The van der Waals surface area contributed by atoms with Crippen LogP contribution in [0.4, 0.5) is 0 Å². The van der Waals surface area contributed by atoms with Crippen molar-refractivity contribution in [2.75, 3.05) is 13.1 Å². The number of rotatable bonds is 4. The molecule has 1 aromatic rings. The van der Waals surface area contributed by atoms with Gasteiger partial charge in [-0.3, -0.25) is 4.79 Å². The molecule has 3 N–H and O–H groups in total. The highest BCUT2D eigenvalue weighted by Gasteiger charge is 2.29. The van der Waals surface area contributed by atoms with Crippen LogP contribution in [0.2, 0.25) is 0 Å². The highest BCUT2D eigenvalue weighted by atomic mass is 32.2. The molecule has 1 aliphatic rings. The first-order valence-electron chi connectivity index (χ1n) is 6.38. The normalized spacial score (nSPS) is 22.4. The largest absolute Gasteiger partial charge is 0.481 e. The zero-order valence-corrected chi connectivity index (χ0v) is 11.9. The molecule has 2 rings (SSSR count). The van der Waals surface area contributed by atoms with Crippen molar-refractivity contribution in [2.45, 2.75) is 17.4 Å². The number of hydrogen-bond donors (Lipinski definition) is 3. The Hall–Kier alpha value is -1.95. The zero-order valence-electron chi connectivity index (χ0n) is 11.1. The molecule has 1 saturated heterocycles. The Balaban J connectivity index is 2.14. The maximum atomic E-state index is 12.2. The monoisotopic (exact) mass is 309 g/mol. The van der Waals surface area contributed by atoms with Gasteiger partial charge in [-0.1, -0.05) is 6.07 Å². The quantitative estimate of drug-likeness (QED) is 0.714. The van der Waals surface area contributed by atoms with E-state index in [1.54, 1.807) is 0 Å². The van der Waals surface area contributed by atoms with Gasteiger partial charge in [0.05, 0.1) is 22.4 Å². The fourth-order valence-corrected chi connectivity index (χ4v) is 3.53. The van der Waals surface area contributed by atoms with Crippen LogP contribution < -0.4 is 10.0 Å². The molecule has 0 saturated carbocycles. The highest BCUT2D eigenvalue weighted by Crippen LogP contribution is 2.16. The van der Waals surface area contributed by atoms with Crippen molar-refractivity contribution in [3.05, 3.63) is 29.8 Å². The van der Waals surface area contributed by atoms with E-state index in [-0.39, 0.29) is 16.9 Å². The lowest BCUT2D eigenvalue weighted by molar-refractivity contribution is -0.142. The van der Waals surface area contributed by atoms with E-state index in [4.69, 9.17) is 10.4 Å². The van der Waals surface area contributed by atoms with Gasteiger partial charge in [0.2, 0.25) is 10.0 Å². The lowest BCUT2D eigenvalue weighted by Gasteiger charge is -2.28. The molecule has 1 fully saturated rings. The third kappa shape index (κ3) is 3.78. The van der Waals surface area contributed by atoms with Gasteiger partial charge in [0.15, 0.2) is 0 Å². The van der Waals surface area contributed by atoms with Crippen LogP contribution in [0.3, 0.4) is 0 Å². The van der Waals surface area contributed by atoms with Gasteiger partial charge < -0.3 is 10.4 Å². The minimum absolute atomic E-state index is 0.000927. The number of aliphatic carboxylic acids is 1. The third-order valence-corrected chi connectivity index (χ3v) is 4.81. The highest BCUT2D eigenvalue weighted by molar-refractivity contribution is 7.89. The molecule has 0 aliphatic carbocycles. The van der Waals surface area contributed by atoms with Crippen LogP contribution in [-0.4, -0.2) is 38.6 Å². The summed E-state index contributed by atoms with van der Waals surface area (Å²) < 4.78 is 27.0. The fraction of sp³-hybridized carbons (Fsp3) is 0.385. The summed E-state index contributed by atoms with van der Waals surface area (Å²) in [7, 11) is -3.78. The number of piperidine rings is 1. The van der Waals surface area contributed by atoms with Crippen LogP contribution >= 0.6 is 0 Å². The second-order valence-corrected chi connectivity index (χ2v) is 6.60. The predicted octanol–water partition coefficient (Wildman–Crippen LogP) is -0.101. The summed E-state index contributed by atoms with van der Waals surface area (Å²) >= 11 is 0. The minimum Gasteiger partial charge on any atom is -0.481 e. The maximum absolute atomic E-state index is 12.2. The summed E-state index contributed by atoms with van der Waals surface area (Å²) in [5.74, 6) is -1.56. The van der Waals surface area contributed by atoms with Crippen molar-refractivity contribution in [3.63, 3.8) is 0 Å². The smallest absolute Gasteiger partial charge is 0.307 e. The molecule has 112 valence electrons. The molecule has 7 nitrogen and oxygen atoms in total. The van der Waals surface area contributed by atoms with Crippen molar-refractivity contribution >= 4 is 16.0 Å². The summed E-state index contributed by atoms with van der Waals surface area (Å²) in [6.45, 7) is 0.707. The van der Waals surface area contributed by atoms with E-state index in [0.717, 1.165) is 0 Å². The van der Waals surface area contributed by atoms with Crippen LogP contribution in [0.25, 0.3) is 0 Å². The average Bonchev–Trinajstić information content (AvgIpc) is 2.47. The van der Waals surface area contributed by atoms with Gasteiger partial charge in [-0.25, -0.2) is 13.1 Å². The molecule has 0 unspecified atom stereocenters. The molecule has 8 heteroatoms. The maximum Gasteiger partial charge on any atom is 0.307 e. The molecule has 0 aromatic heterocycles. The predicted molar refractivity (Wildman–Crippen MR) is 73.9 cm³/mol. The molecule has 1 aliphatic heterocycles. The summed E-state index contributed by atoms with van der Waals surface area (Å²) in [6, 6.07) is 7.08. The first kappa shape index (κ1) is 15.4. The Bertz CT molecular complexity index is 681. The molecule has 21 heavy (non-hydrogen) atoms. The molecule has 1 aromatic carbocycles. The molecular weight excluding hydrogens is 294 g/mol. The molecule has 2 atom stereocenters. The van der Waals surface area contributed by atoms with E-state index in [2.05, 4.69) is 10.0 Å². The van der Waals surface area contributed by atoms with E-state index in [1.807, 2.05) is 6.07 Å². The number of carboxylic acid groups (broad SMARTS) is 1. The lowest BCUT2D eigenvalue weighted by Crippen LogP contribution is -2.50. The van der Waals surface area contributed by atoms with Gasteiger partial charge in [-0.05, 0) is 24.6 Å². The summed E-state index contributed by atoms with van der Waals surface area (Å²) in [6.07, 6.45) is 0.236. The van der Waals surface area contributed by atoms with Crippen LogP contribution in [0.5, 0.6) is 0 Å². The Labute approximate surface area is 122 Å². The molecular formula is C13H15N3O4S. The number of nitrogens with one attached hydrogen (secondary N) is 2. The van der Waals surface area contributed by atoms with Crippen molar-refractivity contribution in [1.82, 2.24) is 10.0 Å². The summed E-state index contributed by atoms with van der Waals surface area (Å²) in [5, 5.41) is 20.7. The average molecular weight is 309 g/mol. The van der Waals surface area contributed by atoms with Crippen LogP contribution in [0, 0.1) is 17.2 Å². The molecule has 0 spiro atoms. The number of carboxylic acids is 1. The Morgan fingerprint density at radius 1 is 1.43 bits per heavy atom. The molecule has 0 radical (unpaired) electrons. The summed E-state index contributed by atoms with van der Waals surface area (Å²) in [5.41, 5.74) is 0.253. The van der Waals surface area contributed by atoms with Gasteiger partial charge in [0.1, 0.15) is 0 Å². The Morgan fingerprint density at radius 2 is 2.19 bits per heavy atom. The van der Waals surface area contributed by atoms with Crippen LogP contribution in [-0.2, 0) is 14.8 Å². The second-order valence-electron chi connectivity index (χ2n) is 4.89. The van der Waals surface area contributed by atoms with Crippen LogP contribution in [0.1, 0.15) is 12.0 Å². The number of carbonyl (C=O) groups is 1. The van der Waals surface area contributed by atoms with Crippen LogP contribution in [0.15, 0.2) is 29.2 Å². The summed E-state index contributed by atoms with van der Waals surface area (Å²) in [4.78, 5) is 11.0.